The molecule has 12 nitrogen and oxygen atoms in total. The van der Waals surface area contributed by atoms with E-state index in [0.29, 0.717) is 43.9 Å². The van der Waals surface area contributed by atoms with Crippen LogP contribution in [0.5, 0.6) is 11.5 Å². The van der Waals surface area contributed by atoms with Crippen LogP contribution < -0.4 is 10.1 Å². The van der Waals surface area contributed by atoms with E-state index in [4.69, 9.17) is 19.5 Å². The number of hydrogen-bond donors (Lipinski definition) is 6. The maximum atomic E-state index is 14.4. The summed E-state index contributed by atoms with van der Waals surface area (Å²) in [4.78, 5) is 25.6. The number of phenols is 1. The summed E-state index contributed by atoms with van der Waals surface area (Å²) in [5.74, 6) is -2.14. The van der Waals surface area contributed by atoms with Crippen LogP contribution in [0.4, 0.5) is 4.79 Å². The zero-order valence-corrected chi connectivity index (χ0v) is 31.3. The Balaban J connectivity index is 1.31. The van der Waals surface area contributed by atoms with Crippen molar-refractivity contribution in [3.8, 4) is 11.5 Å². The van der Waals surface area contributed by atoms with Gasteiger partial charge in [0, 0.05) is 55.3 Å². The number of amides is 2. The van der Waals surface area contributed by atoms with Crippen LogP contribution in [0.2, 0.25) is 0 Å². The first-order valence-electron chi connectivity index (χ1n) is 20.0. The molecule has 7 rings (SSSR count). The smallest absolute Gasteiger partial charge is 0.318 e. The predicted molar refractivity (Wildman–Crippen MR) is 205 cm³/mol. The van der Waals surface area contributed by atoms with E-state index in [9.17, 15) is 25.2 Å². The second-order valence-electron chi connectivity index (χ2n) is 15.4. The summed E-state index contributed by atoms with van der Waals surface area (Å²) >= 11 is 0. The van der Waals surface area contributed by atoms with Gasteiger partial charge in [0.15, 0.2) is 0 Å². The topological polar surface area (TPSA) is 169 Å². The Morgan fingerprint density at radius 2 is 1.89 bits per heavy atom. The lowest BCUT2D eigenvalue weighted by atomic mass is 9.55. The van der Waals surface area contributed by atoms with Crippen LogP contribution >= 0.6 is 0 Å². The van der Waals surface area contributed by atoms with Crippen molar-refractivity contribution in [3.05, 3.63) is 71.4 Å². The summed E-state index contributed by atoms with van der Waals surface area (Å²) in [5.41, 5.74) is 4.13. The van der Waals surface area contributed by atoms with Crippen LogP contribution in [0.15, 0.2) is 65.3 Å². The van der Waals surface area contributed by atoms with Crippen molar-refractivity contribution in [2.24, 2.45) is 22.9 Å². The molecular weight excluding hydrogens is 688 g/mol. The largest absolute Gasteiger partial charge is 0.508 e. The molecule has 0 spiro atoms. The summed E-state index contributed by atoms with van der Waals surface area (Å²) < 4.78 is 12.6. The van der Waals surface area contributed by atoms with Gasteiger partial charge < -0.3 is 49.9 Å². The number of carbonyl (C=O) groups is 1. The number of nitrogens with zero attached hydrogens (tertiary/aromatic N) is 2. The fourth-order valence-corrected chi connectivity index (χ4v) is 9.34. The number of H-pyrrole nitrogens is 1. The molecule has 54 heavy (non-hydrogen) atoms. The molecule has 1 saturated carbocycles. The molecule has 3 aromatic rings. The summed E-state index contributed by atoms with van der Waals surface area (Å²) in [6, 6.07) is 13.9. The molecule has 1 saturated heterocycles. The van der Waals surface area contributed by atoms with Gasteiger partial charge in [-0.2, -0.15) is 0 Å². The second kappa shape index (κ2) is 17.1. The van der Waals surface area contributed by atoms with Gasteiger partial charge in [-0.05, 0) is 98.1 Å². The number of aromatic amines is 1. The van der Waals surface area contributed by atoms with Crippen molar-refractivity contribution >= 4 is 22.6 Å². The highest BCUT2D eigenvalue weighted by molar-refractivity contribution is 6.03. The monoisotopic (exact) mass is 744 g/mol. The number of nitrogens with one attached hydrogen (secondary N) is 2. The Morgan fingerprint density at radius 3 is 2.65 bits per heavy atom. The minimum absolute atomic E-state index is 0.0121. The predicted octanol–water partition coefficient (Wildman–Crippen LogP) is 6.45. The number of aliphatic hydroxyl groups is 3. The zero-order chi connectivity index (χ0) is 37.7. The third-order valence-electron chi connectivity index (χ3n) is 11.8. The van der Waals surface area contributed by atoms with Crippen molar-refractivity contribution in [2.45, 2.75) is 108 Å². The van der Waals surface area contributed by atoms with E-state index in [-0.39, 0.29) is 55.7 Å². The van der Waals surface area contributed by atoms with Gasteiger partial charge in [-0.15, -0.1) is 0 Å². The summed E-state index contributed by atoms with van der Waals surface area (Å²) in [6.45, 7) is 3.42. The summed E-state index contributed by atoms with van der Waals surface area (Å²) in [6.07, 6.45) is 9.73. The van der Waals surface area contributed by atoms with E-state index in [1.54, 1.807) is 23.1 Å². The molecule has 2 aliphatic heterocycles. The zero-order valence-electron chi connectivity index (χ0n) is 31.3. The number of rotatable bonds is 15. The van der Waals surface area contributed by atoms with Gasteiger partial charge >= 0.3 is 6.03 Å². The quantitative estimate of drug-likeness (QED) is 0.0763. The van der Waals surface area contributed by atoms with Crippen LogP contribution in [0.1, 0.15) is 94.7 Å². The Morgan fingerprint density at radius 1 is 1.07 bits per heavy atom. The number of ether oxygens (including phenoxy) is 2. The Bertz CT molecular complexity index is 1770. The van der Waals surface area contributed by atoms with Gasteiger partial charge in [-0.25, -0.2) is 4.79 Å². The number of allylic oxidation sites excluding steroid dienone is 1. The van der Waals surface area contributed by atoms with E-state index >= 15 is 0 Å². The number of carbonyl (C=O) groups excluding carboxylic acids is 1. The molecule has 1 unspecified atom stereocenters. The Hall–Kier alpha value is -4.10. The number of aliphatic hydroxyl groups excluding tert-OH is 2. The minimum atomic E-state index is -1.85. The number of fused-ring (bicyclic) bond motifs is 3. The van der Waals surface area contributed by atoms with Gasteiger partial charge in [0.05, 0.1) is 24.8 Å². The second-order valence-corrected chi connectivity index (χ2v) is 15.4. The number of hydrogen-bond acceptors (Lipinski definition) is 9. The highest BCUT2D eigenvalue weighted by atomic mass is 16.8. The number of aromatic hydroxyl groups is 1. The first-order chi connectivity index (χ1) is 26.3. The molecule has 2 fully saturated rings. The molecule has 0 radical (unpaired) electrons. The molecule has 292 valence electrons. The molecule has 4 aliphatic rings. The SMILES string of the molecule is CCCN(C(=O)NCc1cc2ccccc2[nH]1)[C@H]1CC(=NOC2CCCCO2)C2=C[C@H](CCCCO)[C@@H](CCCCO)[C@@H]3c4cc(O)ccc4O[C@@]1(O)[C@H]23. The van der Waals surface area contributed by atoms with Crippen molar-refractivity contribution in [1.29, 1.82) is 0 Å². The van der Waals surface area contributed by atoms with Crippen molar-refractivity contribution < 1.29 is 39.5 Å². The standard InChI is InChI=1S/C42H56N4O8/c1-2-18-46(41(50)43-26-29-22-28-12-3-4-14-34(28)44-29)37-25-35(45-54-38-15-7-10-21-52-38)32-23-27(11-5-8-19-47)31(13-6-9-20-48)39-33-24-30(49)16-17-36(33)53-42(37,51)40(32)39/h3-4,12,14,16-17,22-24,27,31,37-40,44,47-49,51H,2,5-11,13,15,18-21,25-26H2,1H3,(H,43,50)/t27-,31+,37-,38?,39+,40+,42+/m0/s1. The van der Waals surface area contributed by atoms with E-state index in [2.05, 4.69) is 16.4 Å². The van der Waals surface area contributed by atoms with Gasteiger partial charge in [0.25, 0.3) is 0 Å². The average molecular weight is 745 g/mol. The van der Waals surface area contributed by atoms with Crippen LogP contribution in [0.3, 0.4) is 0 Å². The average Bonchev–Trinajstić information content (AvgIpc) is 3.60. The Labute approximate surface area is 317 Å². The molecule has 2 amide bonds. The molecule has 2 aliphatic carbocycles. The van der Waals surface area contributed by atoms with Crippen LogP contribution in [0, 0.1) is 17.8 Å². The van der Waals surface area contributed by atoms with Crippen LogP contribution in [-0.4, -0.2) is 86.5 Å². The lowest BCUT2D eigenvalue weighted by Gasteiger charge is -2.58. The van der Waals surface area contributed by atoms with Gasteiger partial charge in [-0.1, -0.05) is 49.2 Å². The van der Waals surface area contributed by atoms with Gasteiger partial charge in [0.1, 0.15) is 17.5 Å². The molecule has 2 aromatic carbocycles. The van der Waals surface area contributed by atoms with E-state index < -0.39 is 24.0 Å². The lowest BCUT2D eigenvalue weighted by molar-refractivity contribution is -0.228. The van der Waals surface area contributed by atoms with E-state index in [1.165, 1.54) is 0 Å². The third-order valence-corrected chi connectivity index (χ3v) is 11.8. The van der Waals surface area contributed by atoms with E-state index in [1.807, 2.05) is 37.3 Å². The van der Waals surface area contributed by atoms with Crippen molar-refractivity contribution in [1.82, 2.24) is 15.2 Å². The fraction of sp³-hybridized carbons (Fsp3) is 0.571. The number of para-hydroxylation sites is 1. The maximum absolute atomic E-state index is 14.4. The van der Waals surface area contributed by atoms with E-state index in [0.717, 1.165) is 72.7 Å². The minimum Gasteiger partial charge on any atom is -0.508 e. The molecular formula is C42H56N4O8. The maximum Gasteiger partial charge on any atom is 0.318 e. The molecule has 7 atom stereocenters. The highest BCUT2D eigenvalue weighted by Crippen LogP contribution is 2.60. The third kappa shape index (κ3) is 7.84. The normalized spacial score (nSPS) is 28.1. The number of aromatic nitrogens is 1. The Kier molecular flexibility index (Phi) is 12.1. The molecule has 0 bridgehead atoms. The van der Waals surface area contributed by atoms with Crippen molar-refractivity contribution in [3.63, 3.8) is 0 Å². The number of phenolic OH excluding ortho intramolecular Hbond substituents is 1. The number of urea groups is 1. The number of benzene rings is 2. The van der Waals surface area contributed by atoms with Crippen LogP contribution in [0.25, 0.3) is 10.9 Å². The molecule has 12 heteroatoms. The van der Waals surface area contributed by atoms with Crippen LogP contribution in [-0.2, 0) is 16.1 Å². The lowest BCUT2D eigenvalue weighted by Crippen LogP contribution is -2.69. The summed E-state index contributed by atoms with van der Waals surface area (Å²) in [7, 11) is 0. The fourth-order valence-electron chi connectivity index (χ4n) is 9.34. The molecule has 1 aromatic heterocycles. The molecule has 6 N–H and O–H groups in total. The van der Waals surface area contributed by atoms with Crippen molar-refractivity contribution in [2.75, 3.05) is 26.4 Å². The first-order valence-corrected chi connectivity index (χ1v) is 20.0. The molecule has 3 heterocycles. The number of oxime groups is 1. The number of unbranched alkanes of at least 4 members (excludes halogenated alkanes) is 2. The van der Waals surface area contributed by atoms with Gasteiger partial charge in [-0.3, -0.25) is 0 Å². The first kappa shape index (κ1) is 38.2. The van der Waals surface area contributed by atoms with Gasteiger partial charge in [0.2, 0.25) is 12.1 Å². The highest BCUT2D eigenvalue weighted by Gasteiger charge is 2.64. The summed E-state index contributed by atoms with van der Waals surface area (Å²) in [5, 5.41) is 52.5.